The van der Waals surface area contributed by atoms with Gasteiger partial charge in [-0.2, -0.15) is 0 Å². The van der Waals surface area contributed by atoms with Gasteiger partial charge < -0.3 is 3.83 Å². The summed E-state index contributed by atoms with van der Waals surface area (Å²) in [6.45, 7) is 0. The third kappa shape index (κ3) is 2.73. The Kier molecular flexibility index (Phi) is 5.34. The highest BCUT2D eigenvalue weighted by Gasteiger charge is 2.21. The minimum Gasteiger partial charge on any atom is -0.416 e. The lowest BCUT2D eigenvalue weighted by Gasteiger charge is -2.15. The van der Waals surface area contributed by atoms with Crippen molar-refractivity contribution in [2.45, 2.75) is 0 Å². The first-order valence-electron chi connectivity index (χ1n) is 4.78. The summed E-state index contributed by atoms with van der Waals surface area (Å²) in [4.78, 5) is 0. The molecule has 6 heteroatoms. The van der Waals surface area contributed by atoms with Crippen molar-refractivity contribution in [1.82, 2.24) is 0 Å². The molecule has 18 heavy (non-hydrogen) atoms. The van der Waals surface area contributed by atoms with Gasteiger partial charge in [-0.05, 0) is 69.3 Å². The summed E-state index contributed by atoms with van der Waals surface area (Å²) in [6, 6.07) is 10.0. The first-order chi connectivity index (χ1) is 8.57. The second-order valence-electron chi connectivity index (χ2n) is 3.40. The number of rotatable bonds is 2. The average Bonchev–Trinajstić information content (AvgIpc) is 2.41. The van der Waals surface area contributed by atoms with Crippen molar-refractivity contribution in [2.24, 2.45) is 0 Å². The molecule has 0 heterocycles. The zero-order valence-electron chi connectivity index (χ0n) is 8.68. The molecule has 0 amide bonds. The van der Waals surface area contributed by atoms with Crippen LogP contribution in [-0.2, 0) is 0 Å². The van der Waals surface area contributed by atoms with Crippen LogP contribution in [0.5, 0.6) is 5.75 Å². The Morgan fingerprint density at radius 2 is 1.28 bits per heavy atom. The maximum atomic E-state index is 5.33. The average molecular weight is 565 g/mol. The second-order valence-corrected chi connectivity index (χ2v) is 6.90. The minimum absolute atomic E-state index is 0.711. The molecule has 0 spiro atoms. The van der Waals surface area contributed by atoms with Gasteiger partial charge in [0.15, 0.2) is 22.0 Å². The summed E-state index contributed by atoms with van der Waals surface area (Å²) >= 11 is 17.2. The third-order valence-electron chi connectivity index (χ3n) is 2.36. The fraction of sp³-hybridized carbons (Fsp3) is 0. The van der Waals surface area contributed by atoms with E-state index in [2.05, 4.69) is 80.0 Å². The molecule has 1 nitrogen and oxygen atoms in total. The standard InChI is InChI=1S/C12H5Br5O/c13-8-7(6-4-2-1-3-5-6)12(18-17)11(16)10(15)9(8)14/h1-5H. The summed E-state index contributed by atoms with van der Waals surface area (Å²) < 4.78 is 8.93. The molecule has 0 aliphatic heterocycles. The minimum atomic E-state index is 0.711. The van der Waals surface area contributed by atoms with Crippen molar-refractivity contribution in [3.63, 3.8) is 0 Å². The Balaban J connectivity index is 2.82. The largest absolute Gasteiger partial charge is 0.416 e. The van der Waals surface area contributed by atoms with E-state index in [-0.39, 0.29) is 0 Å². The molecular weight excluding hydrogens is 560 g/mol. The quantitative estimate of drug-likeness (QED) is 0.280. The van der Waals surface area contributed by atoms with Crippen LogP contribution in [0.3, 0.4) is 0 Å². The molecule has 0 unspecified atom stereocenters. The highest BCUT2D eigenvalue weighted by atomic mass is 79.9. The lowest BCUT2D eigenvalue weighted by Crippen LogP contribution is -1.90. The highest BCUT2D eigenvalue weighted by molar-refractivity contribution is 9.15. The van der Waals surface area contributed by atoms with Gasteiger partial charge in [-0.15, -0.1) is 0 Å². The van der Waals surface area contributed by atoms with Gasteiger partial charge in [0.05, 0.1) is 8.95 Å². The van der Waals surface area contributed by atoms with Crippen molar-refractivity contribution in [2.75, 3.05) is 0 Å². The molecule has 2 rings (SSSR count). The van der Waals surface area contributed by atoms with E-state index in [1.807, 2.05) is 30.3 Å². The lowest BCUT2D eigenvalue weighted by atomic mass is 10.1. The van der Waals surface area contributed by atoms with Crippen LogP contribution in [-0.4, -0.2) is 0 Å². The molecule has 0 saturated heterocycles. The monoisotopic (exact) mass is 560 g/mol. The molecule has 0 fully saturated rings. The molecule has 0 N–H and O–H groups in total. The van der Waals surface area contributed by atoms with Crippen molar-refractivity contribution in [3.8, 4) is 16.9 Å². The van der Waals surface area contributed by atoms with Crippen LogP contribution in [0.25, 0.3) is 11.1 Å². The van der Waals surface area contributed by atoms with Gasteiger partial charge in [-0.25, -0.2) is 0 Å². The molecule has 2 aromatic rings. The van der Waals surface area contributed by atoms with Gasteiger partial charge in [0.25, 0.3) is 0 Å². The zero-order chi connectivity index (χ0) is 13.3. The summed E-state index contributed by atoms with van der Waals surface area (Å²) in [7, 11) is 0. The molecule has 0 aliphatic rings. The number of hydrogen-bond acceptors (Lipinski definition) is 1. The Hall–Kier alpha value is 0.640. The van der Waals surface area contributed by atoms with E-state index in [1.54, 1.807) is 0 Å². The van der Waals surface area contributed by atoms with Crippen molar-refractivity contribution in [1.29, 1.82) is 0 Å². The van der Waals surface area contributed by atoms with E-state index in [0.29, 0.717) is 5.75 Å². The Morgan fingerprint density at radius 1 is 0.722 bits per heavy atom. The van der Waals surface area contributed by atoms with Gasteiger partial charge >= 0.3 is 0 Å². The molecule has 0 saturated carbocycles. The summed E-state index contributed by atoms with van der Waals surface area (Å²) in [5, 5.41) is 0. The molecule has 94 valence electrons. The van der Waals surface area contributed by atoms with Crippen LogP contribution < -0.4 is 3.83 Å². The smallest absolute Gasteiger partial charge is 0.179 e. The van der Waals surface area contributed by atoms with Crippen LogP contribution in [0.15, 0.2) is 48.2 Å². The number of hydrogen-bond donors (Lipinski definition) is 0. The van der Waals surface area contributed by atoms with E-state index < -0.39 is 0 Å². The van der Waals surface area contributed by atoms with Gasteiger partial charge in [-0.1, -0.05) is 30.3 Å². The molecule has 0 aliphatic carbocycles. The first kappa shape index (κ1) is 15.0. The predicted octanol–water partition coefficient (Wildman–Crippen LogP) is 7.09. The molecule has 0 atom stereocenters. The van der Waals surface area contributed by atoms with Crippen LogP contribution in [0.2, 0.25) is 0 Å². The molecule has 0 aromatic heterocycles. The van der Waals surface area contributed by atoms with E-state index in [4.69, 9.17) is 3.83 Å². The molecule has 0 bridgehead atoms. The SMILES string of the molecule is BrOc1c(Br)c(Br)c(Br)c(Br)c1-c1ccccc1. The predicted molar refractivity (Wildman–Crippen MR) is 92.2 cm³/mol. The van der Waals surface area contributed by atoms with Gasteiger partial charge in [-0.3, -0.25) is 0 Å². The van der Waals surface area contributed by atoms with E-state index in [9.17, 15) is 0 Å². The maximum absolute atomic E-state index is 5.33. The topological polar surface area (TPSA) is 9.23 Å². The van der Waals surface area contributed by atoms with Gasteiger partial charge in [0.1, 0.15) is 0 Å². The van der Waals surface area contributed by atoms with Gasteiger partial charge in [0.2, 0.25) is 0 Å². The highest BCUT2D eigenvalue weighted by Crippen LogP contribution is 2.50. The van der Waals surface area contributed by atoms with E-state index in [0.717, 1.165) is 29.0 Å². The van der Waals surface area contributed by atoms with E-state index >= 15 is 0 Å². The van der Waals surface area contributed by atoms with Crippen molar-refractivity contribution >= 4 is 80.0 Å². The van der Waals surface area contributed by atoms with Crippen molar-refractivity contribution in [3.05, 3.63) is 48.2 Å². The fourth-order valence-corrected chi connectivity index (χ4v) is 4.48. The molecule has 2 aromatic carbocycles. The normalized spacial score (nSPS) is 10.5. The summed E-state index contributed by atoms with van der Waals surface area (Å²) in [5.41, 5.74) is 2.03. The summed E-state index contributed by atoms with van der Waals surface area (Å²) in [5.74, 6) is 0.711. The third-order valence-corrected chi connectivity index (χ3v) is 7.42. The van der Waals surface area contributed by atoms with Crippen LogP contribution in [0.1, 0.15) is 0 Å². The van der Waals surface area contributed by atoms with E-state index in [1.165, 1.54) is 0 Å². The maximum Gasteiger partial charge on any atom is 0.179 e. The second kappa shape index (κ2) is 6.39. The Bertz CT molecular complexity index is 583. The first-order valence-corrected chi connectivity index (χ1v) is 8.59. The Morgan fingerprint density at radius 3 is 1.83 bits per heavy atom. The van der Waals surface area contributed by atoms with Gasteiger partial charge in [0, 0.05) is 14.5 Å². The zero-order valence-corrected chi connectivity index (χ0v) is 16.6. The van der Waals surface area contributed by atoms with Crippen LogP contribution in [0, 0.1) is 0 Å². The lowest BCUT2D eigenvalue weighted by molar-refractivity contribution is 0.674. The summed E-state index contributed by atoms with van der Waals surface area (Å²) in [6.07, 6.45) is 0. The van der Waals surface area contributed by atoms with Crippen molar-refractivity contribution < 1.29 is 3.83 Å². The molecule has 0 radical (unpaired) electrons. The fourth-order valence-electron chi connectivity index (χ4n) is 1.55. The number of halogens is 5. The molecular formula is C12H5Br5O. The van der Waals surface area contributed by atoms with Crippen LogP contribution in [0.4, 0.5) is 0 Å². The van der Waals surface area contributed by atoms with Crippen LogP contribution >= 0.6 is 80.0 Å². The number of benzene rings is 2. The Labute approximate surface area is 147 Å².